The molecule has 2 N–H and O–H groups in total. The van der Waals surface area contributed by atoms with Crippen LogP contribution in [0.4, 0.5) is 0 Å². The monoisotopic (exact) mass is 283 g/mol. The average molecular weight is 284 g/mol. The minimum atomic E-state index is 0.554. The van der Waals surface area contributed by atoms with Crippen LogP contribution in [0, 0.1) is 5.92 Å². The maximum Gasteiger partial charge on any atom is 0.120 e. The second-order valence-corrected chi connectivity index (χ2v) is 5.35. The average Bonchev–Trinajstić information content (AvgIpc) is 2.21. The van der Waals surface area contributed by atoms with Gasteiger partial charge >= 0.3 is 0 Å². The molecule has 2 rings (SSSR count). The highest BCUT2D eigenvalue weighted by molar-refractivity contribution is 9.10. The molecule has 16 heavy (non-hydrogen) atoms. The molecule has 0 aromatic heterocycles. The van der Waals surface area contributed by atoms with Crippen LogP contribution in [0.5, 0.6) is 5.75 Å². The third-order valence-electron chi connectivity index (χ3n) is 3.19. The molecule has 2 nitrogen and oxygen atoms in total. The molecule has 88 valence electrons. The lowest BCUT2D eigenvalue weighted by Crippen LogP contribution is -2.14. The van der Waals surface area contributed by atoms with Crippen molar-refractivity contribution >= 4 is 15.9 Å². The summed E-state index contributed by atoms with van der Waals surface area (Å²) in [4.78, 5) is 0. The summed E-state index contributed by atoms with van der Waals surface area (Å²) in [5, 5.41) is 0. The Bertz CT molecular complexity index is 350. The second kappa shape index (κ2) is 5.69. The van der Waals surface area contributed by atoms with Crippen molar-refractivity contribution in [1.82, 2.24) is 0 Å². The summed E-state index contributed by atoms with van der Waals surface area (Å²) >= 11 is 3.46. The highest BCUT2D eigenvalue weighted by atomic mass is 79.9. The van der Waals surface area contributed by atoms with Crippen molar-refractivity contribution < 1.29 is 4.74 Å². The van der Waals surface area contributed by atoms with Crippen molar-refractivity contribution in [3.63, 3.8) is 0 Å². The van der Waals surface area contributed by atoms with Gasteiger partial charge in [-0.3, -0.25) is 0 Å². The predicted octanol–water partition coefficient (Wildman–Crippen LogP) is 3.48. The van der Waals surface area contributed by atoms with Crippen LogP contribution in [-0.2, 0) is 6.54 Å². The molecular formula is C13H18BrNO. The molecule has 1 aromatic carbocycles. The first-order valence-corrected chi connectivity index (χ1v) is 6.69. The van der Waals surface area contributed by atoms with Gasteiger partial charge in [0.2, 0.25) is 0 Å². The molecule has 0 bridgehead atoms. The first-order valence-electron chi connectivity index (χ1n) is 5.90. The van der Waals surface area contributed by atoms with Gasteiger partial charge in [0, 0.05) is 11.0 Å². The Morgan fingerprint density at radius 3 is 2.75 bits per heavy atom. The Morgan fingerprint density at radius 2 is 2.12 bits per heavy atom. The molecule has 1 fully saturated rings. The minimum absolute atomic E-state index is 0.554. The van der Waals surface area contributed by atoms with Gasteiger partial charge in [-0.05, 0) is 36.1 Å². The van der Waals surface area contributed by atoms with E-state index in [0.717, 1.165) is 28.3 Å². The molecule has 1 aromatic rings. The second-order valence-electron chi connectivity index (χ2n) is 4.43. The van der Waals surface area contributed by atoms with Crippen LogP contribution < -0.4 is 10.5 Å². The van der Waals surface area contributed by atoms with Crippen molar-refractivity contribution in [2.75, 3.05) is 6.61 Å². The lowest BCUT2D eigenvalue weighted by molar-refractivity contribution is 0.222. The SMILES string of the molecule is NCc1cc(Br)cc(OCCC2CCC2)c1. The molecule has 0 atom stereocenters. The van der Waals surface area contributed by atoms with Crippen LogP contribution in [0.25, 0.3) is 0 Å². The summed E-state index contributed by atoms with van der Waals surface area (Å²) in [6.45, 7) is 1.38. The summed E-state index contributed by atoms with van der Waals surface area (Å²) in [5.41, 5.74) is 6.72. The van der Waals surface area contributed by atoms with Crippen LogP contribution in [0.2, 0.25) is 0 Å². The molecule has 1 aliphatic rings. The number of hydrogen-bond acceptors (Lipinski definition) is 2. The first kappa shape index (κ1) is 11.9. The van der Waals surface area contributed by atoms with Gasteiger partial charge in [-0.15, -0.1) is 0 Å². The summed E-state index contributed by atoms with van der Waals surface area (Å²) in [7, 11) is 0. The quantitative estimate of drug-likeness (QED) is 0.898. The van der Waals surface area contributed by atoms with Gasteiger partial charge in [-0.25, -0.2) is 0 Å². The zero-order valence-corrected chi connectivity index (χ0v) is 11.0. The number of benzene rings is 1. The zero-order chi connectivity index (χ0) is 11.4. The molecule has 0 radical (unpaired) electrons. The lowest BCUT2D eigenvalue weighted by atomic mass is 9.83. The molecule has 0 unspecified atom stereocenters. The van der Waals surface area contributed by atoms with Crippen LogP contribution in [-0.4, -0.2) is 6.61 Å². The first-order chi connectivity index (χ1) is 7.78. The van der Waals surface area contributed by atoms with E-state index >= 15 is 0 Å². The molecule has 0 aliphatic heterocycles. The molecule has 0 amide bonds. The molecule has 1 saturated carbocycles. The smallest absolute Gasteiger partial charge is 0.120 e. The fraction of sp³-hybridized carbons (Fsp3) is 0.538. The molecule has 0 spiro atoms. The number of hydrogen-bond donors (Lipinski definition) is 1. The van der Waals surface area contributed by atoms with E-state index < -0.39 is 0 Å². The normalized spacial score (nSPS) is 15.9. The summed E-state index contributed by atoms with van der Waals surface area (Å²) < 4.78 is 6.79. The Balaban J connectivity index is 1.84. The van der Waals surface area contributed by atoms with Crippen LogP contribution >= 0.6 is 15.9 Å². The molecule has 0 saturated heterocycles. The van der Waals surface area contributed by atoms with E-state index in [9.17, 15) is 0 Å². The van der Waals surface area contributed by atoms with E-state index in [1.807, 2.05) is 18.2 Å². The minimum Gasteiger partial charge on any atom is -0.494 e. The molecule has 3 heteroatoms. The Morgan fingerprint density at radius 1 is 1.31 bits per heavy atom. The van der Waals surface area contributed by atoms with Gasteiger partial charge < -0.3 is 10.5 Å². The van der Waals surface area contributed by atoms with Gasteiger partial charge in [0.25, 0.3) is 0 Å². The van der Waals surface area contributed by atoms with Crippen LogP contribution in [0.15, 0.2) is 22.7 Å². The zero-order valence-electron chi connectivity index (χ0n) is 9.42. The van der Waals surface area contributed by atoms with Gasteiger partial charge in [0.15, 0.2) is 0 Å². The predicted molar refractivity (Wildman–Crippen MR) is 69.5 cm³/mol. The van der Waals surface area contributed by atoms with Crippen molar-refractivity contribution in [2.24, 2.45) is 11.7 Å². The number of ether oxygens (including phenoxy) is 1. The van der Waals surface area contributed by atoms with Crippen LogP contribution in [0.1, 0.15) is 31.2 Å². The van der Waals surface area contributed by atoms with E-state index in [0.29, 0.717) is 6.54 Å². The van der Waals surface area contributed by atoms with E-state index in [2.05, 4.69) is 15.9 Å². The summed E-state index contributed by atoms with van der Waals surface area (Å²) in [6, 6.07) is 6.05. The van der Waals surface area contributed by atoms with Gasteiger partial charge in [0.05, 0.1) is 6.61 Å². The van der Waals surface area contributed by atoms with Crippen LogP contribution in [0.3, 0.4) is 0 Å². The maximum atomic E-state index is 5.75. The maximum absolute atomic E-state index is 5.75. The molecule has 0 heterocycles. The Labute approximate surface area is 105 Å². The van der Waals surface area contributed by atoms with E-state index in [1.165, 1.54) is 25.7 Å². The standard InChI is InChI=1S/C13H18BrNO/c14-12-6-11(9-15)7-13(8-12)16-5-4-10-2-1-3-10/h6-8,10H,1-5,9,15H2. The van der Waals surface area contributed by atoms with Crippen molar-refractivity contribution in [3.8, 4) is 5.75 Å². The van der Waals surface area contributed by atoms with E-state index in [4.69, 9.17) is 10.5 Å². The Hall–Kier alpha value is -0.540. The number of halogens is 1. The van der Waals surface area contributed by atoms with Crippen molar-refractivity contribution in [3.05, 3.63) is 28.2 Å². The highest BCUT2D eigenvalue weighted by Gasteiger charge is 2.16. The van der Waals surface area contributed by atoms with Gasteiger partial charge in [-0.1, -0.05) is 35.2 Å². The number of rotatable bonds is 5. The van der Waals surface area contributed by atoms with E-state index in [1.54, 1.807) is 0 Å². The fourth-order valence-corrected chi connectivity index (χ4v) is 2.47. The Kier molecular flexibility index (Phi) is 4.24. The molecular weight excluding hydrogens is 266 g/mol. The van der Waals surface area contributed by atoms with Crippen molar-refractivity contribution in [1.29, 1.82) is 0 Å². The van der Waals surface area contributed by atoms with E-state index in [-0.39, 0.29) is 0 Å². The summed E-state index contributed by atoms with van der Waals surface area (Å²) in [6.07, 6.45) is 5.36. The third kappa shape index (κ3) is 3.22. The summed E-state index contributed by atoms with van der Waals surface area (Å²) in [5.74, 6) is 1.83. The lowest BCUT2D eigenvalue weighted by Gasteiger charge is -2.25. The topological polar surface area (TPSA) is 35.2 Å². The highest BCUT2D eigenvalue weighted by Crippen LogP contribution is 2.29. The van der Waals surface area contributed by atoms with Gasteiger partial charge in [0.1, 0.15) is 5.75 Å². The number of nitrogens with two attached hydrogens (primary N) is 1. The largest absolute Gasteiger partial charge is 0.494 e. The fourth-order valence-electron chi connectivity index (χ4n) is 1.95. The van der Waals surface area contributed by atoms with Gasteiger partial charge in [-0.2, -0.15) is 0 Å². The molecule has 1 aliphatic carbocycles. The van der Waals surface area contributed by atoms with Crippen molar-refractivity contribution in [2.45, 2.75) is 32.2 Å². The third-order valence-corrected chi connectivity index (χ3v) is 3.64.